The van der Waals surface area contributed by atoms with Crippen LogP contribution in [0.4, 0.5) is 0 Å². The molecular formula is C7H14N4OS. The van der Waals surface area contributed by atoms with Gasteiger partial charge in [-0.25, -0.2) is 4.98 Å². The lowest BCUT2D eigenvalue weighted by Gasteiger charge is -2.18. The fourth-order valence-corrected chi connectivity index (χ4v) is 1.86. The van der Waals surface area contributed by atoms with Gasteiger partial charge >= 0.3 is 0 Å². The van der Waals surface area contributed by atoms with E-state index in [1.165, 1.54) is 18.1 Å². The Morgan fingerprint density at radius 1 is 1.77 bits per heavy atom. The minimum absolute atomic E-state index is 0.0138. The van der Waals surface area contributed by atoms with Gasteiger partial charge in [0.1, 0.15) is 6.33 Å². The third kappa shape index (κ3) is 2.98. The second kappa shape index (κ2) is 5.21. The topological polar surface area (TPSA) is 87.8 Å². The van der Waals surface area contributed by atoms with Gasteiger partial charge in [-0.3, -0.25) is 5.10 Å². The number of aliphatic hydroxyl groups is 1. The van der Waals surface area contributed by atoms with Gasteiger partial charge in [0.05, 0.1) is 11.9 Å². The number of nitrogens with two attached hydrogens (primary N) is 1. The van der Waals surface area contributed by atoms with Crippen LogP contribution in [0.1, 0.15) is 13.3 Å². The summed E-state index contributed by atoms with van der Waals surface area (Å²) in [7, 11) is 0. The van der Waals surface area contributed by atoms with Gasteiger partial charge in [0.2, 0.25) is 0 Å². The summed E-state index contributed by atoms with van der Waals surface area (Å²) in [4.78, 5) is 3.95. The minimum atomic E-state index is -0.0158. The van der Waals surface area contributed by atoms with Crippen LogP contribution in [-0.2, 0) is 0 Å². The van der Waals surface area contributed by atoms with E-state index in [1.807, 2.05) is 6.92 Å². The van der Waals surface area contributed by atoms with Gasteiger partial charge in [-0.15, -0.1) is 0 Å². The third-order valence-electron chi connectivity index (χ3n) is 1.78. The largest absolute Gasteiger partial charge is 0.395 e. The van der Waals surface area contributed by atoms with Crippen LogP contribution in [0.3, 0.4) is 0 Å². The Kier molecular flexibility index (Phi) is 4.20. The van der Waals surface area contributed by atoms with Crippen LogP contribution in [-0.4, -0.2) is 38.2 Å². The van der Waals surface area contributed by atoms with Gasteiger partial charge < -0.3 is 10.8 Å². The van der Waals surface area contributed by atoms with E-state index in [4.69, 9.17) is 10.8 Å². The van der Waals surface area contributed by atoms with Crippen molar-refractivity contribution in [3.8, 4) is 0 Å². The molecule has 0 spiro atoms. The normalized spacial score (nSPS) is 15.6. The summed E-state index contributed by atoms with van der Waals surface area (Å²) >= 11 is 1.42. The smallest absolute Gasteiger partial charge is 0.183 e. The molecule has 0 saturated carbocycles. The second-order valence-corrected chi connectivity index (χ2v) is 3.93. The summed E-state index contributed by atoms with van der Waals surface area (Å²) in [6.07, 6.45) is 2.28. The molecule has 2 unspecified atom stereocenters. The molecular weight excluding hydrogens is 188 g/mol. The molecule has 4 N–H and O–H groups in total. The van der Waals surface area contributed by atoms with E-state index < -0.39 is 0 Å². The number of aromatic amines is 1. The van der Waals surface area contributed by atoms with Crippen molar-refractivity contribution in [1.82, 2.24) is 15.2 Å². The number of H-pyrrole nitrogens is 1. The van der Waals surface area contributed by atoms with E-state index in [0.717, 1.165) is 6.42 Å². The molecule has 0 amide bonds. The fourth-order valence-electron chi connectivity index (χ4n) is 0.917. The highest BCUT2D eigenvalue weighted by molar-refractivity contribution is 7.99. The van der Waals surface area contributed by atoms with Crippen molar-refractivity contribution in [1.29, 1.82) is 0 Å². The van der Waals surface area contributed by atoms with Crippen molar-refractivity contribution in [2.75, 3.05) is 6.61 Å². The molecule has 13 heavy (non-hydrogen) atoms. The number of nitrogens with zero attached hydrogens (tertiary/aromatic N) is 2. The summed E-state index contributed by atoms with van der Waals surface area (Å²) in [5.74, 6) is 0. The monoisotopic (exact) mass is 202 g/mol. The van der Waals surface area contributed by atoms with Crippen molar-refractivity contribution in [2.45, 2.75) is 29.8 Å². The molecule has 0 aromatic carbocycles. The minimum Gasteiger partial charge on any atom is -0.395 e. The van der Waals surface area contributed by atoms with Crippen LogP contribution in [0.15, 0.2) is 11.5 Å². The molecule has 0 fully saturated rings. The van der Waals surface area contributed by atoms with Crippen LogP contribution in [0, 0.1) is 0 Å². The summed E-state index contributed by atoms with van der Waals surface area (Å²) in [5.41, 5.74) is 5.80. The Hall–Kier alpha value is -0.590. The molecule has 0 radical (unpaired) electrons. The molecule has 2 atom stereocenters. The van der Waals surface area contributed by atoms with Crippen molar-refractivity contribution in [3.63, 3.8) is 0 Å². The van der Waals surface area contributed by atoms with Crippen LogP contribution in [0.2, 0.25) is 0 Å². The standard InChI is InChI=1S/C7H14N4OS/c1-2-5(8)6(3-12)13-7-9-4-10-11-7/h4-6,12H,2-3,8H2,1H3,(H,9,10,11). The fraction of sp³-hybridized carbons (Fsp3) is 0.714. The van der Waals surface area contributed by atoms with Crippen molar-refractivity contribution in [2.24, 2.45) is 5.73 Å². The predicted octanol–water partition coefficient (Wildman–Crippen LogP) is -0.00500. The van der Waals surface area contributed by atoms with E-state index in [9.17, 15) is 0 Å². The van der Waals surface area contributed by atoms with Crippen LogP contribution >= 0.6 is 11.8 Å². The highest BCUT2D eigenvalue weighted by Crippen LogP contribution is 2.21. The highest BCUT2D eigenvalue weighted by Gasteiger charge is 2.17. The number of aliphatic hydroxyl groups excluding tert-OH is 1. The molecule has 0 aliphatic heterocycles. The van der Waals surface area contributed by atoms with Gasteiger partial charge in [-0.2, -0.15) is 5.10 Å². The van der Waals surface area contributed by atoms with Crippen molar-refractivity contribution < 1.29 is 5.11 Å². The molecule has 1 aromatic rings. The van der Waals surface area contributed by atoms with Crippen LogP contribution in [0.25, 0.3) is 0 Å². The van der Waals surface area contributed by atoms with Crippen molar-refractivity contribution in [3.05, 3.63) is 6.33 Å². The highest BCUT2D eigenvalue weighted by atomic mass is 32.2. The quantitative estimate of drug-likeness (QED) is 0.585. The zero-order valence-electron chi connectivity index (χ0n) is 7.47. The molecule has 1 aromatic heterocycles. The van der Waals surface area contributed by atoms with E-state index in [2.05, 4.69) is 15.2 Å². The van der Waals surface area contributed by atoms with E-state index in [-0.39, 0.29) is 17.9 Å². The lowest BCUT2D eigenvalue weighted by Crippen LogP contribution is -2.34. The predicted molar refractivity (Wildman–Crippen MR) is 51.4 cm³/mol. The average Bonchev–Trinajstić information content (AvgIpc) is 2.65. The second-order valence-electron chi connectivity index (χ2n) is 2.70. The maximum absolute atomic E-state index is 9.06. The number of aromatic nitrogens is 3. The van der Waals surface area contributed by atoms with E-state index >= 15 is 0 Å². The Morgan fingerprint density at radius 2 is 2.54 bits per heavy atom. The van der Waals surface area contributed by atoms with Crippen molar-refractivity contribution >= 4 is 11.8 Å². The van der Waals surface area contributed by atoms with Gasteiger partial charge in [0.15, 0.2) is 5.16 Å². The first-order valence-electron chi connectivity index (χ1n) is 4.16. The van der Waals surface area contributed by atoms with E-state index in [0.29, 0.717) is 5.16 Å². The van der Waals surface area contributed by atoms with E-state index in [1.54, 1.807) is 0 Å². The number of nitrogens with one attached hydrogen (secondary N) is 1. The zero-order valence-corrected chi connectivity index (χ0v) is 8.29. The van der Waals surface area contributed by atoms with Gasteiger partial charge in [-0.05, 0) is 6.42 Å². The van der Waals surface area contributed by atoms with Gasteiger partial charge in [-0.1, -0.05) is 18.7 Å². The molecule has 0 aliphatic rings. The SMILES string of the molecule is CCC(N)C(CO)Sc1ncn[nH]1. The maximum atomic E-state index is 9.06. The number of rotatable bonds is 5. The lowest BCUT2D eigenvalue weighted by atomic mass is 10.2. The average molecular weight is 202 g/mol. The summed E-state index contributed by atoms with van der Waals surface area (Å²) in [6.45, 7) is 2.05. The van der Waals surface area contributed by atoms with Gasteiger partial charge in [0, 0.05) is 6.04 Å². The first kappa shape index (κ1) is 10.5. The number of hydrogen-bond donors (Lipinski definition) is 3. The Bertz CT molecular complexity index is 228. The molecule has 0 bridgehead atoms. The van der Waals surface area contributed by atoms with Crippen LogP contribution < -0.4 is 5.73 Å². The maximum Gasteiger partial charge on any atom is 0.183 e. The molecule has 6 heteroatoms. The number of thioether (sulfide) groups is 1. The lowest BCUT2D eigenvalue weighted by molar-refractivity contribution is 0.281. The van der Waals surface area contributed by atoms with Crippen LogP contribution in [0.5, 0.6) is 0 Å². The molecule has 74 valence electrons. The van der Waals surface area contributed by atoms with Gasteiger partial charge in [0.25, 0.3) is 0 Å². The summed E-state index contributed by atoms with van der Waals surface area (Å²) < 4.78 is 0. The Labute approximate surface area is 81.1 Å². The third-order valence-corrected chi connectivity index (χ3v) is 3.01. The summed E-state index contributed by atoms with van der Waals surface area (Å²) in [5, 5.41) is 16.2. The summed E-state index contributed by atoms with van der Waals surface area (Å²) in [6, 6.07) is -0.0138. The molecule has 0 saturated heterocycles. The first-order chi connectivity index (χ1) is 6.27. The molecule has 1 rings (SSSR count). The first-order valence-corrected chi connectivity index (χ1v) is 5.04. The Balaban J connectivity index is 2.49. The Morgan fingerprint density at radius 3 is 3.00 bits per heavy atom. The molecule has 1 heterocycles. The molecule has 0 aliphatic carbocycles. The number of hydrogen-bond acceptors (Lipinski definition) is 5. The molecule has 5 nitrogen and oxygen atoms in total. The zero-order chi connectivity index (χ0) is 9.68.